The standard InChI is InChI=1S/C23H21NO6S/c1-16-2-4-17(5-3-16)14-24(15-18-6-8-19(9-7-18)22(25)26)31(29,30)21-12-10-20(11-13-21)23(27)28/h2-13H,14-15H2,1H3,(H,25,26)(H,27,28). The van der Waals surface area contributed by atoms with Gasteiger partial charge in [0.15, 0.2) is 0 Å². The Morgan fingerprint density at radius 1 is 0.710 bits per heavy atom. The molecule has 0 aromatic heterocycles. The Bertz CT molecular complexity index is 1180. The molecule has 0 spiro atoms. The molecule has 7 nitrogen and oxygen atoms in total. The van der Waals surface area contributed by atoms with Gasteiger partial charge in [0.05, 0.1) is 16.0 Å². The molecule has 160 valence electrons. The number of hydrogen-bond donors (Lipinski definition) is 2. The molecule has 3 rings (SSSR count). The number of carboxylic acids is 2. The third-order valence-electron chi connectivity index (χ3n) is 4.78. The van der Waals surface area contributed by atoms with Gasteiger partial charge in [-0.2, -0.15) is 4.31 Å². The fourth-order valence-corrected chi connectivity index (χ4v) is 4.41. The van der Waals surface area contributed by atoms with E-state index in [0.29, 0.717) is 5.56 Å². The topological polar surface area (TPSA) is 112 Å². The Morgan fingerprint density at radius 2 is 1.10 bits per heavy atom. The summed E-state index contributed by atoms with van der Waals surface area (Å²) in [4.78, 5) is 22.1. The van der Waals surface area contributed by atoms with Crippen molar-refractivity contribution in [3.63, 3.8) is 0 Å². The molecule has 31 heavy (non-hydrogen) atoms. The van der Waals surface area contributed by atoms with E-state index in [1.54, 1.807) is 12.1 Å². The number of rotatable bonds is 8. The molecule has 0 aliphatic heterocycles. The van der Waals surface area contributed by atoms with Crippen molar-refractivity contribution in [2.24, 2.45) is 0 Å². The zero-order chi connectivity index (χ0) is 22.6. The Morgan fingerprint density at radius 3 is 1.52 bits per heavy atom. The van der Waals surface area contributed by atoms with Gasteiger partial charge in [-0.25, -0.2) is 18.0 Å². The molecule has 0 saturated heterocycles. The molecular weight excluding hydrogens is 418 g/mol. The highest BCUT2D eigenvalue weighted by molar-refractivity contribution is 7.89. The van der Waals surface area contributed by atoms with Crippen LogP contribution in [0.3, 0.4) is 0 Å². The van der Waals surface area contributed by atoms with Crippen LogP contribution in [0.1, 0.15) is 37.4 Å². The highest BCUT2D eigenvalue weighted by atomic mass is 32.2. The van der Waals surface area contributed by atoms with E-state index in [4.69, 9.17) is 10.2 Å². The lowest BCUT2D eigenvalue weighted by Gasteiger charge is -2.23. The van der Waals surface area contributed by atoms with Crippen molar-refractivity contribution in [2.75, 3.05) is 0 Å². The number of aryl methyl sites for hydroxylation is 1. The number of sulfonamides is 1. The summed E-state index contributed by atoms with van der Waals surface area (Å²) in [5, 5.41) is 18.1. The zero-order valence-electron chi connectivity index (χ0n) is 16.7. The van der Waals surface area contributed by atoms with E-state index in [0.717, 1.165) is 11.1 Å². The summed E-state index contributed by atoms with van der Waals surface area (Å²) in [6, 6.07) is 18.5. The van der Waals surface area contributed by atoms with E-state index < -0.39 is 22.0 Å². The van der Waals surface area contributed by atoms with Crippen molar-refractivity contribution in [2.45, 2.75) is 24.9 Å². The van der Waals surface area contributed by atoms with Crippen LogP contribution >= 0.6 is 0 Å². The third-order valence-corrected chi connectivity index (χ3v) is 6.58. The summed E-state index contributed by atoms with van der Waals surface area (Å²) in [6.45, 7) is 2.06. The quantitative estimate of drug-likeness (QED) is 0.552. The minimum Gasteiger partial charge on any atom is -0.478 e. The summed E-state index contributed by atoms with van der Waals surface area (Å²) in [6.07, 6.45) is 0. The molecule has 0 atom stereocenters. The van der Waals surface area contributed by atoms with Gasteiger partial charge in [0, 0.05) is 13.1 Å². The molecular formula is C23H21NO6S. The Kier molecular flexibility index (Phi) is 6.53. The zero-order valence-corrected chi connectivity index (χ0v) is 17.5. The number of aromatic carboxylic acids is 2. The molecule has 0 saturated carbocycles. The van der Waals surface area contributed by atoms with Crippen molar-refractivity contribution in [1.29, 1.82) is 0 Å². The van der Waals surface area contributed by atoms with E-state index in [9.17, 15) is 18.0 Å². The van der Waals surface area contributed by atoms with E-state index >= 15 is 0 Å². The number of benzene rings is 3. The summed E-state index contributed by atoms with van der Waals surface area (Å²) < 4.78 is 28.0. The predicted molar refractivity (Wildman–Crippen MR) is 114 cm³/mol. The normalized spacial score (nSPS) is 11.4. The first-order chi connectivity index (χ1) is 14.7. The van der Waals surface area contributed by atoms with Crippen molar-refractivity contribution in [3.8, 4) is 0 Å². The molecule has 0 radical (unpaired) electrons. The molecule has 0 amide bonds. The van der Waals surface area contributed by atoms with E-state index in [-0.39, 0.29) is 29.1 Å². The Hall–Kier alpha value is -3.49. The van der Waals surface area contributed by atoms with Crippen LogP contribution in [0.25, 0.3) is 0 Å². The summed E-state index contributed by atoms with van der Waals surface area (Å²) >= 11 is 0. The average molecular weight is 439 g/mol. The maximum absolute atomic E-state index is 13.3. The molecule has 0 aliphatic carbocycles. The van der Waals surface area contributed by atoms with Crippen molar-refractivity contribution < 1.29 is 28.2 Å². The molecule has 0 bridgehead atoms. The molecule has 3 aromatic carbocycles. The second-order valence-electron chi connectivity index (χ2n) is 7.09. The predicted octanol–water partition coefficient (Wildman–Crippen LogP) is 3.78. The first-order valence-electron chi connectivity index (χ1n) is 9.38. The van der Waals surface area contributed by atoms with Crippen molar-refractivity contribution in [3.05, 3.63) is 101 Å². The van der Waals surface area contributed by atoms with Gasteiger partial charge in [0.2, 0.25) is 10.0 Å². The number of nitrogens with zero attached hydrogens (tertiary/aromatic N) is 1. The summed E-state index contributed by atoms with van der Waals surface area (Å²) in [5.41, 5.74) is 2.57. The fraction of sp³-hybridized carbons (Fsp3) is 0.130. The van der Waals surface area contributed by atoms with Gasteiger partial charge in [0.25, 0.3) is 0 Å². The van der Waals surface area contributed by atoms with E-state index in [2.05, 4.69) is 0 Å². The number of carbonyl (C=O) groups is 2. The van der Waals surface area contributed by atoms with Gasteiger partial charge < -0.3 is 10.2 Å². The van der Waals surface area contributed by atoms with Crippen LogP contribution in [0.2, 0.25) is 0 Å². The highest BCUT2D eigenvalue weighted by Gasteiger charge is 2.25. The van der Waals surface area contributed by atoms with Gasteiger partial charge in [-0.05, 0) is 54.4 Å². The largest absolute Gasteiger partial charge is 0.478 e. The third kappa shape index (κ3) is 5.36. The highest BCUT2D eigenvalue weighted by Crippen LogP contribution is 2.22. The molecule has 0 heterocycles. The molecule has 2 N–H and O–H groups in total. The molecule has 8 heteroatoms. The van der Waals surface area contributed by atoms with Crippen LogP contribution in [0, 0.1) is 6.92 Å². The lowest BCUT2D eigenvalue weighted by molar-refractivity contribution is 0.0686. The van der Waals surface area contributed by atoms with Gasteiger partial charge in [-0.15, -0.1) is 0 Å². The average Bonchev–Trinajstić information content (AvgIpc) is 2.75. The van der Waals surface area contributed by atoms with Crippen molar-refractivity contribution >= 4 is 22.0 Å². The Labute approximate surface area is 180 Å². The van der Waals surface area contributed by atoms with Gasteiger partial charge in [-0.3, -0.25) is 0 Å². The lowest BCUT2D eigenvalue weighted by Crippen LogP contribution is -2.30. The van der Waals surface area contributed by atoms with Crippen LogP contribution in [-0.4, -0.2) is 34.9 Å². The van der Waals surface area contributed by atoms with Crippen LogP contribution in [0.4, 0.5) is 0 Å². The van der Waals surface area contributed by atoms with E-state index in [1.807, 2.05) is 31.2 Å². The number of hydrogen-bond acceptors (Lipinski definition) is 4. The van der Waals surface area contributed by atoms with Gasteiger partial charge in [-0.1, -0.05) is 42.0 Å². The minimum absolute atomic E-state index is 0.00621. The van der Waals surface area contributed by atoms with Crippen LogP contribution in [0.15, 0.2) is 77.7 Å². The molecule has 3 aromatic rings. The van der Waals surface area contributed by atoms with Crippen LogP contribution < -0.4 is 0 Å². The molecule has 0 unspecified atom stereocenters. The minimum atomic E-state index is -3.95. The van der Waals surface area contributed by atoms with Gasteiger partial charge >= 0.3 is 11.9 Å². The maximum Gasteiger partial charge on any atom is 0.335 e. The monoisotopic (exact) mass is 439 g/mol. The fourth-order valence-electron chi connectivity index (χ4n) is 3.00. The van der Waals surface area contributed by atoms with Gasteiger partial charge in [0.1, 0.15) is 0 Å². The maximum atomic E-state index is 13.3. The van der Waals surface area contributed by atoms with Crippen LogP contribution in [-0.2, 0) is 23.1 Å². The summed E-state index contributed by atoms with van der Waals surface area (Å²) in [5.74, 6) is -2.20. The summed E-state index contributed by atoms with van der Waals surface area (Å²) in [7, 11) is -3.95. The van der Waals surface area contributed by atoms with Crippen molar-refractivity contribution in [1.82, 2.24) is 4.31 Å². The van der Waals surface area contributed by atoms with E-state index in [1.165, 1.54) is 40.7 Å². The number of carboxylic acid groups (broad SMARTS) is 2. The van der Waals surface area contributed by atoms with Crippen LogP contribution in [0.5, 0.6) is 0 Å². The second kappa shape index (κ2) is 9.11. The smallest absolute Gasteiger partial charge is 0.335 e. The first-order valence-corrected chi connectivity index (χ1v) is 10.8. The second-order valence-corrected chi connectivity index (χ2v) is 9.03. The Balaban J connectivity index is 1.95. The first kappa shape index (κ1) is 22.2. The molecule has 0 fully saturated rings. The molecule has 0 aliphatic rings. The SMILES string of the molecule is Cc1ccc(CN(Cc2ccc(C(=O)O)cc2)S(=O)(=O)c2ccc(C(=O)O)cc2)cc1. The lowest BCUT2D eigenvalue weighted by atomic mass is 10.1.